The van der Waals surface area contributed by atoms with Crippen molar-refractivity contribution in [3.63, 3.8) is 0 Å². The first kappa shape index (κ1) is 15.8. The molecule has 0 aliphatic heterocycles. The molecule has 1 aromatic carbocycles. The third kappa shape index (κ3) is 4.70. The summed E-state index contributed by atoms with van der Waals surface area (Å²) in [6.45, 7) is 2.86. The van der Waals surface area contributed by atoms with E-state index < -0.39 is 0 Å². The van der Waals surface area contributed by atoms with Gasteiger partial charge in [0.1, 0.15) is 11.6 Å². The average Bonchev–Trinajstić information content (AvgIpc) is 3.28. The van der Waals surface area contributed by atoms with E-state index in [9.17, 15) is 9.18 Å². The Bertz CT molecular complexity index is 491. The largest absolute Gasteiger partial charge is 0.493 e. The highest BCUT2D eigenvalue weighted by Crippen LogP contribution is 2.38. The lowest BCUT2D eigenvalue weighted by molar-refractivity contribution is -0.123. The Labute approximate surface area is 124 Å². The van der Waals surface area contributed by atoms with Crippen molar-refractivity contribution in [2.45, 2.75) is 38.1 Å². The summed E-state index contributed by atoms with van der Waals surface area (Å²) in [5, 5.41) is 3.03. The molecule has 21 heavy (non-hydrogen) atoms. The van der Waals surface area contributed by atoms with Gasteiger partial charge in [-0.3, -0.25) is 4.79 Å². The third-order valence-corrected chi connectivity index (χ3v) is 3.94. The predicted octanol–water partition coefficient (Wildman–Crippen LogP) is 2.23. The summed E-state index contributed by atoms with van der Waals surface area (Å²) in [4.78, 5) is 11.9. The fourth-order valence-corrected chi connectivity index (χ4v) is 2.40. The molecule has 0 spiro atoms. The molecule has 1 aromatic rings. The van der Waals surface area contributed by atoms with E-state index in [1.54, 1.807) is 12.1 Å². The number of amides is 1. The lowest BCUT2D eigenvalue weighted by Gasteiger charge is -2.29. The first-order chi connectivity index (χ1) is 10.0. The Morgan fingerprint density at radius 3 is 2.90 bits per heavy atom. The summed E-state index contributed by atoms with van der Waals surface area (Å²) in [7, 11) is 0. The van der Waals surface area contributed by atoms with Gasteiger partial charge in [-0.15, -0.1) is 0 Å². The maximum Gasteiger partial charge on any atom is 0.220 e. The number of nitrogens with two attached hydrogens (primary N) is 1. The van der Waals surface area contributed by atoms with Gasteiger partial charge >= 0.3 is 0 Å². The van der Waals surface area contributed by atoms with Crippen LogP contribution >= 0.6 is 0 Å². The molecule has 1 amide bonds. The second-order valence-electron chi connectivity index (χ2n) is 5.85. The Morgan fingerprint density at radius 2 is 2.29 bits per heavy atom. The molecule has 1 saturated carbocycles. The highest BCUT2D eigenvalue weighted by Gasteiger charge is 2.41. The standard InChI is InChI=1S/C16H23FN2O2/c1-16(11-18,12-7-8-12)19-15(20)6-3-9-21-14-5-2-4-13(17)10-14/h2,4-5,10,12H,3,6-9,11,18H2,1H3,(H,19,20). The van der Waals surface area contributed by atoms with E-state index in [-0.39, 0.29) is 17.3 Å². The summed E-state index contributed by atoms with van der Waals surface area (Å²) in [5.41, 5.74) is 5.49. The second kappa shape index (κ2) is 6.89. The van der Waals surface area contributed by atoms with Crippen molar-refractivity contribution in [2.24, 2.45) is 11.7 Å². The van der Waals surface area contributed by atoms with Crippen LogP contribution in [-0.4, -0.2) is 24.6 Å². The van der Waals surface area contributed by atoms with E-state index in [0.717, 1.165) is 12.8 Å². The number of hydrogen-bond donors (Lipinski definition) is 2. The summed E-state index contributed by atoms with van der Waals surface area (Å²) in [6.07, 6.45) is 3.25. The van der Waals surface area contributed by atoms with E-state index >= 15 is 0 Å². The van der Waals surface area contributed by atoms with Crippen molar-refractivity contribution >= 4 is 5.91 Å². The molecule has 1 aliphatic rings. The minimum absolute atomic E-state index is 0.00214. The molecule has 0 heterocycles. The van der Waals surface area contributed by atoms with Crippen molar-refractivity contribution in [1.82, 2.24) is 5.32 Å². The number of nitrogens with one attached hydrogen (secondary N) is 1. The van der Waals surface area contributed by atoms with Gasteiger partial charge < -0.3 is 15.8 Å². The zero-order valence-corrected chi connectivity index (χ0v) is 12.4. The van der Waals surface area contributed by atoms with Gasteiger partial charge in [0, 0.05) is 19.0 Å². The average molecular weight is 294 g/mol. The summed E-state index contributed by atoms with van der Waals surface area (Å²) in [5.74, 6) is 0.668. The van der Waals surface area contributed by atoms with Crippen LogP contribution in [0.1, 0.15) is 32.6 Å². The van der Waals surface area contributed by atoms with E-state index in [0.29, 0.717) is 37.7 Å². The van der Waals surface area contributed by atoms with Gasteiger partial charge in [0.05, 0.1) is 12.1 Å². The highest BCUT2D eigenvalue weighted by atomic mass is 19.1. The van der Waals surface area contributed by atoms with Crippen LogP contribution in [0.15, 0.2) is 24.3 Å². The maximum absolute atomic E-state index is 13.0. The molecule has 1 aliphatic carbocycles. The van der Waals surface area contributed by atoms with Crippen LogP contribution in [0, 0.1) is 11.7 Å². The van der Waals surface area contributed by atoms with Crippen molar-refractivity contribution in [3.8, 4) is 5.75 Å². The van der Waals surface area contributed by atoms with Gasteiger partial charge in [-0.1, -0.05) is 6.07 Å². The zero-order chi connectivity index (χ0) is 15.3. The molecule has 1 unspecified atom stereocenters. The lowest BCUT2D eigenvalue weighted by atomic mass is 9.95. The van der Waals surface area contributed by atoms with Crippen molar-refractivity contribution in [2.75, 3.05) is 13.2 Å². The summed E-state index contributed by atoms with van der Waals surface area (Å²) in [6, 6.07) is 5.99. The molecule has 2 rings (SSSR count). The zero-order valence-electron chi connectivity index (χ0n) is 12.4. The number of rotatable bonds is 8. The van der Waals surface area contributed by atoms with Crippen LogP contribution in [0.25, 0.3) is 0 Å². The SMILES string of the molecule is CC(CN)(NC(=O)CCCOc1cccc(F)c1)C1CC1. The molecular weight excluding hydrogens is 271 g/mol. The number of hydrogen-bond acceptors (Lipinski definition) is 3. The fraction of sp³-hybridized carbons (Fsp3) is 0.562. The molecular formula is C16H23FN2O2. The van der Waals surface area contributed by atoms with Crippen LogP contribution in [-0.2, 0) is 4.79 Å². The first-order valence-electron chi connectivity index (χ1n) is 7.43. The van der Waals surface area contributed by atoms with Crippen LogP contribution < -0.4 is 15.8 Å². The first-order valence-corrected chi connectivity index (χ1v) is 7.43. The van der Waals surface area contributed by atoms with Gasteiger partial charge in [0.2, 0.25) is 5.91 Å². The van der Waals surface area contributed by atoms with Crippen LogP contribution in [0.3, 0.4) is 0 Å². The quantitative estimate of drug-likeness (QED) is 0.723. The van der Waals surface area contributed by atoms with Gasteiger partial charge in [-0.25, -0.2) is 4.39 Å². The smallest absolute Gasteiger partial charge is 0.220 e. The molecule has 116 valence electrons. The molecule has 3 N–H and O–H groups in total. The maximum atomic E-state index is 13.0. The van der Waals surface area contributed by atoms with Gasteiger partial charge in [-0.05, 0) is 44.2 Å². The van der Waals surface area contributed by atoms with Gasteiger partial charge in [0.25, 0.3) is 0 Å². The molecule has 4 nitrogen and oxygen atoms in total. The second-order valence-corrected chi connectivity index (χ2v) is 5.85. The highest BCUT2D eigenvalue weighted by molar-refractivity contribution is 5.76. The molecule has 5 heteroatoms. The van der Waals surface area contributed by atoms with Crippen molar-refractivity contribution in [1.29, 1.82) is 0 Å². The van der Waals surface area contributed by atoms with Crippen LogP contribution in [0.2, 0.25) is 0 Å². The Morgan fingerprint density at radius 1 is 1.52 bits per heavy atom. The van der Waals surface area contributed by atoms with Crippen molar-refractivity contribution < 1.29 is 13.9 Å². The topological polar surface area (TPSA) is 64.3 Å². The minimum atomic E-state index is -0.326. The monoisotopic (exact) mass is 294 g/mol. The molecule has 1 fully saturated rings. The van der Waals surface area contributed by atoms with Gasteiger partial charge in [-0.2, -0.15) is 0 Å². The number of ether oxygens (including phenoxy) is 1. The van der Waals surface area contributed by atoms with E-state index in [1.165, 1.54) is 12.1 Å². The molecule has 0 bridgehead atoms. The Kier molecular flexibility index (Phi) is 5.17. The molecule has 1 atom stereocenters. The van der Waals surface area contributed by atoms with E-state index in [1.807, 2.05) is 6.92 Å². The van der Waals surface area contributed by atoms with E-state index in [2.05, 4.69) is 5.32 Å². The molecule has 0 aromatic heterocycles. The van der Waals surface area contributed by atoms with Crippen LogP contribution in [0.5, 0.6) is 5.75 Å². The summed E-state index contributed by atoms with van der Waals surface area (Å²) < 4.78 is 18.4. The normalized spacial score (nSPS) is 17.1. The molecule has 0 saturated heterocycles. The summed E-state index contributed by atoms with van der Waals surface area (Å²) >= 11 is 0. The fourth-order valence-electron chi connectivity index (χ4n) is 2.40. The Hall–Kier alpha value is -1.62. The third-order valence-electron chi connectivity index (χ3n) is 3.94. The number of carbonyl (C=O) groups excluding carboxylic acids is 1. The molecule has 0 radical (unpaired) electrons. The number of halogens is 1. The van der Waals surface area contributed by atoms with E-state index in [4.69, 9.17) is 10.5 Å². The number of benzene rings is 1. The van der Waals surface area contributed by atoms with Crippen LogP contribution in [0.4, 0.5) is 4.39 Å². The lowest BCUT2D eigenvalue weighted by Crippen LogP contribution is -2.53. The van der Waals surface area contributed by atoms with Gasteiger partial charge in [0.15, 0.2) is 0 Å². The van der Waals surface area contributed by atoms with Crippen molar-refractivity contribution in [3.05, 3.63) is 30.1 Å². The Balaban J connectivity index is 1.67. The minimum Gasteiger partial charge on any atom is -0.493 e. The predicted molar refractivity (Wildman–Crippen MR) is 79.5 cm³/mol. The number of carbonyl (C=O) groups is 1.